The van der Waals surface area contributed by atoms with E-state index in [0.717, 1.165) is 25.1 Å². The van der Waals surface area contributed by atoms with E-state index in [4.69, 9.17) is 4.74 Å². The van der Waals surface area contributed by atoms with Gasteiger partial charge in [-0.05, 0) is 38.0 Å². The highest BCUT2D eigenvalue weighted by atomic mass is 32.1. The molecule has 0 radical (unpaired) electrons. The molecule has 1 aliphatic rings. The van der Waals surface area contributed by atoms with Crippen LogP contribution in [0.1, 0.15) is 48.7 Å². The molecule has 0 saturated heterocycles. The van der Waals surface area contributed by atoms with Crippen molar-refractivity contribution < 1.29 is 9.53 Å². The zero-order valence-corrected chi connectivity index (χ0v) is 14.2. The number of carbonyl (C=O) groups excluding carboxylic acids is 1. The summed E-state index contributed by atoms with van der Waals surface area (Å²) in [5, 5.41) is 1.97. The lowest BCUT2D eigenvalue weighted by molar-refractivity contribution is 0.0693. The van der Waals surface area contributed by atoms with Gasteiger partial charge in [0.2, 0.25) is 0 Å². The highest BCUT2D eigenvalue weighted by Gasteiger charge is 2.26. The van der Waals surface area contributed by atoms with Gasteiger partial charge in [0.15, 0.2) is 0 Å². The van der Waals surface area contributed by atoms with Gasteiger partial charge in [0.1, 0.15) is 12.4 Å². The van der Waals surface area contributed by atoms with Crippen LogP contribution in [-0.4, -0.2) is 28.4 Å². The van der Waals surface area contributed by atoms with Crippen molar-refractivity contribution in [3.63, 3.8) is 0 Å². The molecule has 0 atom stereocenters. The second-order valence-electron chi connectivity index (χ2n) is 5.83. The van der Waals surface area contributed by atoms with E-state index in [1.807, 2.05) is 34.5 Å². The maximum Gasteiger partial charge on any atom is 0.254 e. The van der Waals surface area contributed by atoms with Crippen molar-refractivity contribution in [1.29, 1.82) is 0 Å². The van der Waals surface area contributed by atoms with Gasteiger partial charge in [0, 0.05) is 23.5 Å². The molecule has 0 aliphatic heterocycles. The third-order valence-electron chi connectivity index (χ3n) is 4.32. The Bertz CT molecular complexity index is 636. The molecule has 0 unspecified atom stereocenters. The minimum absolute atomic E-state index is 0.110. The molecule has 1 aromatic carbocycles. The number of carbonyl (C=O) groups is 1. The van der Waals surface area contributed by atoms with Crippen molar-refractivity contribution in [3.05, 3.63) is 46.4 Å². The average molecular weight is 330 g/mol. The van der Waals surface area contributed by atoms with Gasteiger partial charge in [0.05, 0.1) is 11.2 Å². The Morgan fingerprint density at radius 1 is 1.39 bits per heavy atom. The van der Waals surface area contributed by atoms with Crippen LogP contribution in [-0.2, 0) is 6.61 Å². The van der Waals surface area contributed by atoms with Gasteiger partial charge in [0.25, 0.3) is 5.91 Å². The van der Waals surface area contributed by atoms with Gasteiger partial charge in [-0.1, -0.05) is 18.9 Å². The van der Waals surface area contributed by atoms with Gasteiger partial charge in [-0.25, -0.2) is 4.98 Å². The Hall–Kier alpha value is -1.88. The number of ether oxygens (including phenoxy) is 1. The SMILES string of the molecule is CCN(C(=O)c1cccc(OCc2cscn2)c1)C1CCCC1. The molecule has 1 amide bonds. The molecule has 122 valence electrons. The minimum atomic E-state index is 0.110. The lowest BCUT2D eigenvalue weighted by Crippen LogP contribution is -2.38. The van der Waals surface area contributed by atoms with E-state index in [-0.39, 0.29) is 5.91 Å². The van der Waals surface area contributed by atoms with Gasteiger partial charge >= 0.3 is 0 Å². The Morgan fingerprint density at radius 2 is 2.22 bits per heavy atom. The third-order valence-corrected chi connectivity index (χ3v) is 4.95. The first-order valence-electron chi connectivity index (χ1n) is 8.19. The predicted octanol–water partition coefficient (Wildman–Crippen LogP) is 4.13. The Labute approximate surface area is 141 Å². The number of thiazole rings is 1. The van der Waals surface area contributed by atoms with Crippen LogP contribution in [0.4, 0.5) is 0 Å². The number of nitrogens with zero attached hydrogens (tertiary/aromatic N) is 2. The minimum Gasteiger partial charge on any atom is -0.487 e. The lowest BCUT2D eigenvalue weighted by atomic mass is 10.1. The van der Waals surface area contributed by atoms with E-state index in [1.165, 1.54) is 12.8 Å². The Morgan fingerprint density at radius 3 is 2.91 bits per heavy atom. The van der Waals surface area contributed by atoms with Crippen LogP contribution < -0.4 is 4.74 Å². The summed E-state index contributed by atoms with van der Waals surface area (Å²) in [6, 6.07) is 7.87. The zero-order valence-electron chi connectivity index (χ0n) is 13.4. The van der Waals surface area contributed by atoms with E-state index in [9.17, 15) is 4.79 Å². The maximum atomic E-state index is 12.8. The van der Waals surface area contributed by atoms with Crippen molar-refractivity contribution in [2.45, 2.75) is 45.3 Å². The molecular weight excluding hydrogens is 308 g/mol. The van der Waals surface area contributed by atoms with Crippen molar-refractivity contribution in [3.8, 4) is 5.75 Å². The van der Waals surface area contributed by atoms with Crippen molar-refractivity contribution in [1.82, 2.24) is 9.88 Å². The molecule has 0 spiro atoms. The highest BCUT2D eigenvalue weighted by molar-refractivity contribution is 7.07. The fourth-order valence-corrected chi connectivity index (χ4v) is 3.68. The van der Waals surface area contributed by atoms with Gasteiger partial charge < -0.3 is 9.64 Å². The quantitative estimate of drug-likeness (QED) is 0.800. The summed E-state index contributed by atoms with van der Waals surface area (Å²) in [6.45, 7) is 3.24. The second kappa shape index (κ2) is 7.59. The molecule has 3 rings (SSSR count). The van der Waals surface area contributed by atoms with Crippen molar-refractivity contribution in [2.24, 2.45) is 0 Å². The monoisotopic (exact) mass is 330 g/mol. The molecule has 1 aliphatic carbocycles. The Kier molecular flexibility index (Phi) is 5.28. The summed E-state index contributed by atoms with van der Waals surface area (Å²) >= 11 is 1.55. The first kappa shape index (κ1) is 16.0. The largest absolute Gasteiger partial charge is 0.487 e. The van der Waals surface area contributed by atoms with E-state index in [1.54, 1.807) is 16.8 Å². The first-order valence-corrected chi connectivity index (χ1v) is 9.13. The van der Waals surface area contributed by atoms with E-state index in [0.29, 0.717) is 24.0 Å². The summed E-state index contributed by atoms with van der Waals surface area (Å²) in [4.78, 5) is 19.0. The normalized spacial score (nSPS) is 14.8. The average Bonchev–Trinajstić information content (AvgIpc) is 3.28. The van der Waals surface area contributed by atoms with Crippen LogP contribution in [0.25, 0.3) is 0 Å². The van der Waals surface area contributed by atoms with Crippen LogP contribution in [0.5, 0.6) is 5.75 Å². The summed E-state index contributed by atoms with van der Waals surface area (Å²) in [7, 11) is 0. The topological polar surface area (TPSA) is 42.4 Å². The number of amides is 1. The molecule has 23 heavy (non-hydrogen) atoms. The van der Waals surface area contributed by atoms with Crippen LogP contribution >= 0.6 is 11.3 Å². The molecule has 2 aromatic rings. The molecule has 0 bridgehead atoms. The van der Waals surface area contributed by atoms with Gasteiger partial charge in [-0.3, -0.25) is 4.79 Å². The number of hydrogen-bond donors (Lipinski definition) is 0. The summed E-state index contributed by atoms with van der Waals surface area (Å²) in [6.07, 6.45) is 4.70. The fraction of sp³-hybridized carbons (Fsp3) is 0.444. The number of hydrogen-bond acceptors (Lipinski definition) is 4. The molecule has 1 aromatic heterocycles. The van der Waals surface area contributed by atoms with Gasteiger partial charge in [-0.15, -0.1) is 11.3 Å². The molecule has 1 saturated carbocycles. The standard InChI is InChI=1S/C18H22N2O2S/c1-2-20(16-7-3-4-8-16)18(21)14-6-5-9-17(10-14)22-11-15-12-23-13-19-15/h5-6,9-10,12-13,16H,2-4,7-8,11H2,1H3. The molecular formula is C18H22N2O2S. The van der Waals surface area contributed by atoms with Gasteiger partial charge in [-0.2, -0.15) is 0 Å². The maximum absolute atomic E-state index is 12.8. The van der Waals surface area contributed by atoms with Crippen LogP contribution in [0.15, 0.2) is 35.2 Å². The molecule has 1 fully saturated rings. The smallest absolute Gasteiger partial charge is 0.254 e. The predicted molar refractivity (Wildman–Crippen MR) is 91.9 cm³/mol. The first-order chi connectivity index (χ1) is 11.3. The number of aromatic nitrogens is 1. The van der Waals surface area contributed by atoms with Crippen molar-refractivity contribution >= 4 is 17.2 Å². The van der Waals surface area contributed by atoms with E-state index in [2.05, 4.69) is 11.9 Å². The second-order valence-corrected chi connectivity index (χ2v) is 6.54. The Balaban J connectivity index is 1.68. The lowest BCUT2D eigenvalue weighted by Gasteiger charge is -2.27. The van der Waals surface area contributed by atoms with Crippen LogP contribution in [0.2, 0.25) is 0 Å². The summed E-state index contributed by atoms with van der Waals surface area (Å²) < 4.78 is 5.75. The number of benzene rings is 1. The molecule has 1 heterocycles. The summed E-state index contributed by atoms with van der Waals surface area (Å²) in [5.41, 5.74) is 3.40. The van der Waals surface area contributed by atoms with E-state index < -0.39 is 0 Å². The third kappa shape index (κ3) is 3.91. The fourth-order valence-electron chi connectivity index (χ4n) is 3.13. The highest BCUT2D eigenvalue weighted by Crippen LogP contribution is 2.25. The zero-order chi connectivity index (χ0) is 16.1. The van der Waals surface area contributed by atoms with Crippen molar-refractivity contribution in [2.75, 3.05) is 6.54 Å². The number of rotatable bonds is 6. The molecule has 4 nitrogen and oxygen atoms in total. The molecule has 5 heteroatoms. The summed E-state index contributed by atoms with van der Waals surface area (Å²) in [5.74, 6) is 0.824. The van der Waals surface area contributed by atoms with Crippen LogP contribution in [0, 0.1) is 0 Å². The van der Waals surface area contributed by atoms with Crippen LogP contribution in [0.3, 0.4) is 0 Å². The van der Waals surface area contributed by atoms with E-state index >= 15 is 0 Å². The molecule has 0 N–H and O–H groups in total.